The van der Waals surface area contributed by atoms with Crippen molar-refractivity contribution in [3.63, 3.8) is 0 Å². The van der Waals surface area contributed by atoms with Gasteiger partial charge < -0.3 is 10.2 Å². The maximum absolute atomic E-state index is 13.3. The Hall–Kier alpha value is -1.64. The fraction of sp³-hybridized carbons (Fsp3) is 0.524. The predicted octanol–water partition coefficient (Wildman–Crippen LogP) is 3.66. The van der Waals surface area contributed by atoms with Gasteiger partial charge in [-0.25, -0.2) is 4.39 Å². The molecule has 1 aromatic heterocycles. The Morgan fingerprint density at radius 3 is 2.64 bits per heavy atom. The van der Waals surface area contributed by atoms with Crippen LogP contribution < -0.4 is 5.32 Å². The first-order valence-electron chi connectivity index (χ1n) is 9.80. The molecule has 1 unspecified atom stereocenters. The number of nitrogens with zero attached hydrogens (tertiary/aromatic N) is 4. The number of benzene rings is 1. The molecule has 1 saturated heterocycles. The lowest BCUT2D eigenvalue weighted by Gasteiger charge is -2.43. The van der Waals surface area contributed by atoms with Crippen molar-refractivity contribution in [3.05, 3.63) is 53.6 Å². The van der Waals surface area contributed by atoms with Gasteiger partial charge in [-0.1, -0.05) is 18.6 Å². The minimum Gasteiger partial charge on any atom is -0.355 e. The Labute approximate surface area is 183 Å². The molecule has 2 aliphatic rings. The molecule has 152 valence electrons. The number of aryl methyl sites for hydroxylation is 1. The van der Waals surface area contributed by atoms with E-state index >= 15 is 0 Å². The third-order valence-electron chi connectivity index (χ3n) is 6.25. The van der Waals surface area contributed by atoms with Gasteiger partial charge in [0.1, 0.15) is 5.82 Å². The van der Waals surface area contributed by atoms with E-state index in [-0.39, 0.29) is 35.2 Å². The number of aliphatic imine (C=N–C) groups is 1. The van der Waals surface area contributed by atoms with Crippen molar-refractivity contribution in [1.29, 1.82) is 0 Å². The summed E-state index contributed by atoms with van der Waals surface area (Å²) in [7, 11) is 3.81. The van der Waals surface area contributed by atoms with Crippen LogP contribution in [0.2, 0.25) is 0 Å². The van der Waals surface area contributed by atoms with Gasteiger partial charge in [-0.15, -0.1) is 24.0 Å². The summed E-state index contributed by atoms with van der Waals surface area (Å²) in [6.45, 7) is 2.82. The molecule has 1 atom stereocenters. The number of nitrogens with one attached hydrogen (secondary N) is 1. The standard InChI is InChI=1S/C21H28FN5.HI/c1-23-20(27-11-8-16(14-27)17-12-25-26(2)13-17)24-15-21(9-3-10-21)18-4-6-19(22)7-5-18;/h4-7,12-13,16H,3,8-11,14-15H2,1-2H3,(H,23,24);1H. The average molecular weight is 497 g/mol. The zero-order valence-electron chi connectivity index (χ0n) is 16.6. The van der Waals surface area contributed by atoms with Gasteiger partial charge in [0.05, 0.1) is 6.20 Å². The zero-order chi connectivity index (χ0) is 18.9. The summed E-state index contributed by atoms with van der Waals surface area (Å²) in [4.78, 5) is 6.87. The molecule has 0 bridgehead atoms. The van der Waals surface area contributed by atoms with Gasteiger partial charge in [0, 0.05) is 51.3 Å². The summed E-state index contributed by atoms with van der Waals surface area (Å²) in [5.74, 6) is 1.30. The van der Waals surface area contributed by atoms with Gasteiger partial charge in [0.25, 0.3) is 0 Å². The summed E-state index contributed by atoms with van der Waals surface area (Å²) in [6, 6.07) is 7.02. The first-order valence-corrected chi connectivity index (χ1v) is 9.80. The molecule has 0 spiro atoms. The maximum Gasteiger partial charge on any atom is 0.193 e. The van der Waals surface area contributed by atoms with Crippen LogP contribution in [0.1, 0.15) is 42.7 Å². The van der Waals surface area contributed by atoms with E-state index in [1.54, 1.807) is 12.1 Å². The molecule has 28 heavy (non-hydrogen) atoms. The number of hydrogen-bond acceptors (Lipinski definition) is 2. The monoisotopic (exact) mass is 497 g/mol. The Morgan fingerprint density at radius 2 is 2.07 bits per heavy atom. The number of hydrogen-bond donors (Lipinski definition) is 1. The molecule has 2 fully saturated rings. The normalized spacial score (nSPS) is 21.2. The lowest BCUT2D eigenvalue weighted by molar-refractivity contribution is 0.241. The van der Waals surface area contributed by atoms with Crippen LogP contribution >= 0.6 is 24.0 Å². The summed E-state index contributed by atoms with van der Waals surface area (Å²) in [5.41, 5.74) is 2.64. The highest BCUT2D eigenvalue weighted by Gasteiger charge is 2.39. The Bertz CT molecular complexity index is 812. The fourth-order valence-corrected chi connectivity index (χ4v) is 4.43. The van der Waals surface area contributed by atoms with Gasteiger partial charge in [0.2, 0.25) is 0 Å². The number of aromatic nitrogens is 2. The molecule has 1 aromatic carbocycles. The van der Waals surface area contributed by atoms with E-state index in [1.807, 2.05) is 37.1 Å². The van der Waals surface area contributed by atoms with Crippen molar-refractivity contribution in [2.24, 2.45) is 12.0 Å². The van der Waals surface area contributed by atoms with Gasteiger partial charge in [-0.05, 0) is 42.5 Å². The second-order valence-electron chi connectivity index (χ2n) is 7.92. The van der Waals surface area contributed by atoms with Gasteiger partial charge in [-0.3, -0.25) is 9.67 Å². The lowest BCUT2D eigenvalue weighted by atomic mass is 9.64. The van der Waals surface area contributed by atoms with Gasteiger partial charge >= 0.3 is 0 Å². The highest BCUT2D eigenvalue weighted by Crippen LogP contribution is 2.43. The topological polar surface area (TPSA) is 45.5 Å². The van der Waals surface area contributed by atoms with Crippen LogP contribution in [0.25, 0.3) is 0 Å². The first-order chi connectivity index (χ1) is 13.1. The van der Waals surface area contributed by atoms with E-state index in [0.717, 1.165) is 44.9 Å². The highest BCUT2D eigenvalue weighted by atomic mass is 127. The minimum atomic E-state index is -0.171. The molecular weight excluding hydrogens is 468 g/mol. The molecular formula is C21H29FIN5. The van der Waals surface area contributed by atoms with Crippen molar-refractivity contribution < 1.29 is 4.39 Å². The third-order valence-corrected chi connectivity index (χ3v) is 6.25. The Balaban J connectivity index is 0.00000225. The second-order valence-corrected chi connectivity index (χ2v) is 7.92. The van der Waals surface area contributed by atoms with Crippen LogP contribution in [0.4, 0.5) is 4.39 Å². The first kappa shape index (κ1) is 21.1. The molecule has 4 rings (SSSR count). The molecule has 0 amide bonds. The smallest absolute Gasteiger partial charge is 0.193 e. The number of likely N-dealkylation sites (tertiary alicyclic amines) is 1. The predicted molar refractivity (Wildman–Crippen MR) is 121 cm³/mol. The quantitative estimate of drug-likeness (QED) is 0.399. The molecule has 5 nitrogen and oxygen atoms in total. The lowest BCUT2D eigenvalue weighted by Crippen LogP contribution is -2.49. The molecule has 1 aliphatic carbocycles. The van der Waals surface area contributed by atoms with Crippen molar-refractivity contribution in [2.45, 2.75) is 37.0 Å². The van der Waals surface area contributed by atoms with Gasteiger partial charge in [-0.2, -0.15) is 5.10 Å². The Kier molecular flexibility index (Phi) is 6.62. The molecule has 1 saturated carbocycles. The van der Waals surface area contributed by atoms with E-state index in [0.29, 0.717) is 5.92 Å². The van der Waals surface area contributed by atoms with E-state index in [1.165, 1.54) is 17.5 Å². The maximum atomic E-state index is 13.3. The number of guanidine groups is 1. The van der Waals surface area contributed by atoms with Crippen molar-refractivity contribution in [1.82, 2.24) is 20.0 Å². The van der Waals surface area contributed by atoms with Crippen LogP contribution in [0.15, 0.2) is 41.7 Å². The summed E-state index contributed by atoms with van der Waals surface area (Å²) in [5, 5.41) is 7.91. The molecule has 2 heterocycles. The van der Waals surface area contributed by atoms with Crippen LogP contribution in [0.5, 0.6) is 0 Å². The van der Waals surface area contributed by atoms with Crippen molar-refractivity contribution in [3.8, 4) is 0 Å². The minimum absolute atomic E-state index is 0. The van der Waals surface area contributed by atoms with Crippen LogP contribution in [0, 0.1) is 5.82 Å². The van der Waals surface area contributed by atoms with E-state index in [4.69, 9.17) is 0 Å². The van der Waals surface area contributed by atoms with Crippen molar-refractivity contribution >= 4 is 29.9 Å². The second kappa shape index (κ2) is 8.80. The van der Waals surface area contributed by atoms with Crippen LogP contribution in [0.3, 0.4) is 0 Å². The molecule has 0 radical (unpaired) electrons. The SMILES string of the molecule is CN=C(NCC1(c2ccc(F)cc2)CCC1)N1CCC(c2cnn(C)c2)C1.I. The van der Waals surface area contributed by atoms with Crippen molar-refractivity contribution in [2.75, 3.05) is 26.7 Å². The fourth-order valence-electron chi connectivity index (χ4n) is 4.43. The molecule has 1 aliphatic heterocycles. The summed E-state index contributed by atoms with van der Waals surface area (Å²) >= 11 is 0. The number of halogens is 2. The molecule has 2 aromatic rings. The van der Waals surface area contributed by atoms with Crippen LogP contribution in [-0.4, -0.2) is 47.3 Å². The molecule has 7 heteroatoms. The summed E-state index contributed by atoms with van der Waals surface area (Å²) < 4.78 is 15.2. The van der Waals surface area contributed by atoms with Gasteiger partial charge in [0.15, 0.2) is 5.96 Å². The van der Waals surface area contributed by atoms with E-state index in [9.17, 15) is 4.39 Å². The molecule has 1 N–H and O–H groups in total. The Morgan fingerprint density at radius 1 is 1.32 bits per heavy atom. The third kappa shape index (κ3) is 4.18. The zero-order valence-corrected chi connectivity index (χ0v) is 18.9. The average Bonchev–Trinajstić information content (AvgIpc) is 3.28. The van der Waals surface area contributed by atoms with Crippen LogP contribution in [-0.2, 0) is 12.5 Å². The largest absolute Gasteiger partial charge is 0.355 e. The summed E-state index contributed by atoms with van der Waals surface area (Å²) in [6.07, 6.45) is 8.71. The highest BCUT2D eigenvalue weighted by molar-refractivity contribution is 14.0. The van der Waals surface area contributed by atoms with E-state index in [2.05, 4.69) is 26.5 Å². The number of rotatable bonds is 4. The van der Waals surface area contributed by atoms with E-state index < -0.39 is 0 Å².